The zero-order chi connectivity index (χ0) is 24.6. The molecule has 1 fully saturated rings. The molecule has 35 heavy (non-hydrogen) atoms. The van der Waals surface area contributed by atoms with Crippen LogP contribution in [0.25, 0.3) is 0 Å². The molecule has 1 saturated carbocycles. The smallest absolute Gasteiger partial charge is 0.123 e. The molecule has 186 valence electrons. The molecule has 0 spiro atoms. The number of nitrogens with zero attached hydrogens (tertiary/aromatic N) is 3. The lowest BCUT2D eigenvalue weighted by atomic mass is 9.76. The van der Waals surface area contributed by atoms with Crippen LogP contribution in [0.3, 0.4) is 0 Å². The van der Waals surface area contributed by atoms with Crippen molar-refractivity contribution in [2.45, 2.75) is 83.1 Å². The topological polar surface area (TPSA) is 39.4 Å². The minimum Gasteiger partial charge on any atom is -0.292 e. The fourth-order valence-electron chi connectivity index (χ4n) is 6.29. The number of allylic oxidation sites excluding steroid dienone is 4. The third-order valence-electron chi connectivity index (χ3n) is 8.08. The van der Waals surface area contributed by atoms with E-state index in [0.717, 1.165) is 36.6 Å². The Kier molecular flexibility index (Phi) is 8.96. The average Bonchev–Trinajstić information content (AvgIpc) is 3.22. The fourth-order valence-corrected chi connectivity index (χ4v) is 6.29. The number of hydrogen-bond donors (Lipinski definition) is 0. The molecule has 1 aromatic carbocycles. The van der Waals surface area contributed by atoms with E-state index in [-0.39, 0.29) is 17.8 Å². The molecule has 1 aromatic rings. The number of rotatable bonds is 10. The molecule has 0 amide bonds. The second-order valence-electron chi connectivity index (χ2n) is 10.8. The van der Waals surface area contributed by atoms with E-state index in [2.05, 4.69) is 48.9 Å². The van der Waals surface area contributed by atoms with Crippen molar-refractivity contribution in [1.29, 1.82) is 5.26 Å². The molecule has 1 heterocycles. The molecule has 0 saturated heterocycles. The summed E-state index contributed by atoms with van der Waals surface area (Å²) in [6.45, 7) is 7.13. The molecule has 2 aliphatic carbocycles. The second kappa shape index (κ2) is 12.3. The summed E-state index contributed by atoms with van der Waals surface area (Å²) in [7, 11) is 0. The molecular formula is C31H40FN3. The van der Waals surface area contributed by atoms with Crippen molar-refractivity contribution in [1.82, 2.24) is 5.01 Å². The van der Waals surface area contributed by atoms with Gasteiger partial charge in [0.25, 0.3) is 0 Å². The molecule has 4 rings (SSSR count). The SMILES string of the molecule is C=C(C)CCCC1CCC(CN2N=C(CCC#N)C(c3cccc(F)c3)C2C2C=CC=CC2)CC1. The minimum atomic E-state index is -0.205. The average molecular weight is 474 g/mol. The van der Waals surface area contributed by atoms with Crippen LogP contribution in [0, 0.1) is 34.9 Å². The Morgan fingerprint density at radius 3 is 2.69 bits per heavy atom. The summed E-state index contributed by atoms with van der Waals surface area (Å²) < 4.78 is 14.3. The van der Waals surface area contributed by atoms with Gasteiger partial charge < -0.3 is 0 Å². The zero-order valence-corrected chi connectivity index (χ0v) is 21.2. The van der Waals surface area contributed by atoms with Gasteiger partial charge in [-0.2, -0.15) is 10.4 Å². The van der Waals surface area contributed by atoms with Crippen LogP contribution in [-0.2, 0) is 0 Å². The van der Waals surface area contributed by atoms with Crippen LogP contribution in [0.2, 0.25) is 0 Å². The van der Waals surface area contributed by atoms with Crippen LogP contribution in [-0.4, -0.2) is 23.3 Å². The number of hydrazone groups is 1. The maximum atomic E-state index is 14.3. The van der Waals surface area contributed by atoms with Crippen LogP contribution in [0.1, 0.15) is 82.6 Å². The van der Waals surface area contributed by atoms with Crippen molar-refractivity contribution in [3.63, 3.8) is 0 Å². The van der Waals surface area contributed by atoms with Crippen LogP contribution >= 0.6 is 0 Å². The third kappa shape index (κ3) is 6.72. The lowest BCUT2D eigenvalue weighted by Crippen LogP contribution is -2.41. The molecule has 0 N–H and O–H groups in total. The molecule has 3 unspecified atom stereocenters. The Morgan fingerprint density at radius 2 is 2.00 bits per heavy atom. The Hall–Kier alpha value is -2.67. The Morgan fingerprint density at radius 1 is 1.20 bits per heavy atom. The van der Waals surface area contributed by atoms with Crippen molar-refractivity contribution in [3.8, 4) is 6.07 Å². The summed E-state index contributed by atoms with van der Waals surface area (Å²) in [5.74, 6) is 1.64. The summed E-state index contributed by atoms with van der Waals surface area (Å²) in [5.41, 5.74) is 3.32. The monoisotopic (exact) mass is 473 g/mol. The van der Waals surface area contributed by atoms with Crippen molar-refractivity contribution < 1.29 is 4.39 Å². The van der Waals surface area contributed by atoms with E-state index in [9.17, 15) is 9.65 Å². The van der Waals surface area contributed by atoms with E-state index < -0.39 is 0 Å². The van der Waals surface area contributed by atoms with E-state index in [0.29, 0.717) is 24.7 Å². The first-order valence-corrected chi connectivity index (χ1v) is 13.5. The fraction of sp³-hybridized carbons (Fsp3) is 0.548. The van der Waals surface area contributed by atoms with E-state index in [1.807, 2.05) is 6.07 Å². The highest BCUT2D eigenvalue weighted by molar-refractivity contribution is 5.93. The van der Waals surface area contributed by atoms with Gasteiger partial charge in [-0.15, -0.1) is 6.58 Å². The molecule has 0 aromatic heterocycles. The number of benzene rings is 1. The van der Waals surface area contributed by atoms with E-state index >= 15 is 0 Å². The summed E-state index contributed by atoms with van der Waals surface area (Å²) in [4.78, 5) is 0. The van der Waals surface area contributed by atoms with Gasteiger partial charge in [-0.25, -0.2) is 4.39 Å². The first kappa shape index (κ1) is 25.4. The Labute approximate surface area is 211 Å². The molecule has 0 bridgehead atoms. The number of nitriles is 1. The van der Waals surface area contributed by atoms with Crippen LogP contribution < -0.4 is 0 Å². The van der Waals surface area contributed by atoms with Gasteiger partial charge in [0.05, 0.1) is 12.1 Å². The Bertz CT molecular complexity index is 993. The van der Waals surface area contributed by atoms with Crippen LogP contribution in [0.4, 0.5) is 4.39 Å². The van der Waals surface area contributed by atoms with Gasteiger partial charge >= 0.3 is 0 Å². The van der Waals surface area contributed by atoms with Gasteiger partial charge in [0, 0.05) is 36.9 Å². The summed E-state index contributed by atoms with van der Waals surface area (Å²) in [5, 5.41) is 16.8. The van der Waals surface area contributed by atoms with Crippen molar-refractivity contribution in [2.24, 2.45) is 22.9 Å². The maximum Gasteiger partial charge on any atom is 0.123 e. The molecular weight excluding hydrogens is 433 g/mol. The van der Waals surface area contributed by atoms with Gasteiger partial charge in [0.2, 0.25) is 0 Å². The van der Waals surface area contributed by atoms with E-state index in [1.165, 1.54) is 50.2 Å². The highest BCUT2D eigenvalue weighted by atomic mass is 19.1. The standard InChI is InChI=1S/C31H40FN3/c1-23(2)9-6-10-24-16-18-25(19-17-24)22-35-31(26-11-4-3-5-12-26)30(29(34-35)15-8-20-33)27-13-7-14-28(32)21-27/h3-5,7,11,13-14,21,24-26,30-31H,1,6,8-10,12,15-19,22H2,2H3. The lowest BCUT2D eigenvalue weighted by Gasteiger charge is -2.37. The minimum absolute atomic E-state index is 0.0266. The van der Waals surface area contributed by atoms with E-state index in [1.54, 1.807) is 12.1 Å². The highest BCUT2D eigenvalue weighted by Gasteiger charge is 2.42. The van der Waals surface area contributed by atoms with Crippen LogP contribution in [0.15, 0.2) is 65.8 Å². The van der Waals surface area contributed by atoms with Gasteiger partial charge in [0.15, 0.2) is 0 Å². The van der Waals surface area contributed by atoms with Crippen LogP contribution in [0.5, 0.6) is 0 Å². The molecule has 4 heteroatoms. The quantitative estimate of drug-likeness (QED) is 0.324. The lowest BCUT2D eigenvalue weighted by molar-refractivity contribution is 0.126. The van der Waals surface area contributed by atoms with Crippen molar-refractivity contribution in [2.75, 3.05) is 6.54 Å². The van der Waals surface area contributed by atoms with Gasteiger partial charge in [0.1, 0.15) is 5.82 Å². The molecule has 1 aliphatic heterocycles. The second-order valence-corrected chi connectivity index (χ2v) is 10.8. The molecule has 3 atom stereocenters. The predicted octanol–water partition coefficient (Wildman–Crippen LogP) is 7.94. The number of hydrogen-bond acceptors (Lipinski definition) is 3. The molecule has 0 radical (unpaired) electrons. The van der Waals surface area contributed by atoms with Crippen molar-refractivity contribution >= 4 is 5.71 Å². The third-order valence-corrected chi connectivity index (χ3v) is 8.08. The highest BCUT2D eigenvalue weighted by Crippen LogP contribution is 2.41. The molecule has 3 nitrogen and oxygen atoms in total. The first-order chi connectivity index (χ1) is 17.0. The zero-order valence-electron chi connectivity index (χ0n) is 21.2. The van der Waals surface area contributed by atoms with Gasteiger partial charge in [-0.1, -0.05) is 61.3 Å². The summed E-state index contributed by atoms with van der Waals surface area (Å²) in [6.07, 6.45) is 19.7. The first-order valence-electron chi connectivity index (χ1n) is 13.5. The summed E-state index contributed by atoms with van der Waals surface area (Å²) in [6, 6.07) is 9.47. The predicted molar refractivity (Wildman–Crippen MR) is 142 cm³/mol. The summed E-state index contributed by atoms with van der Waals surface area (Å²) >= 11 is 0. The number of halogens is 1. The van der Waals surface area contributed by atoms with Crippen molar-refractivity contribution in [3.05, 3.63) is 72.1 Å². The van der Waals surface area contributed by atoms with Gasteiger partial charge in [-0.05, 0) is 68.6 Å². The molecule has 3 aliphatic rings. The largest absolute Gasteiger partial charge is 0.292 e. The maximum absolute atomic E-state index is 14.3. The normalized spacial score (nSPS) is 28.1. The van der Waals surface area contributed by atoms with Gasteiger partial charge in [-0.3, -0.25) is 5.01 Å². The Balaban J connectivity index is 1.50. The van der Waals surface area contributed by atoms with E-state index in [4.69, 9.17) is 5.10 Å².